The van der Waals surface area contributed by atoms with Gasteiger partial charge in [-0.1, -0.05) is 5.57 Å². The molecule has 0 bridgehead atoms. The van der Waals surface area contributed by atoms with Crippen molar-refractivity contribution in [3.05, 3.63) is 12.2 Å². The summed E-state index contributed by atoms with van der Waals surface area (Å²) in [6.07, 6.45) is 2.19. The number of nitrogens with one attached hydrogen (secondary N) is 1. The van der Waals surface area contributed by atoms with Crippen molar-refractivity contribution >= 4 is 5.96 Å². The van der Waals surface area contributed by atoms with E-state index in [-0.39, 0.29) is 0 Å². The lowest BCUT2D eigenvalue weighted by Gasteiger charge is -2.25. The van der Waals surface area contributed by atoms with Crippen molar-refractivity contribution in [1.82, 2.24) is 10.2 Å². The molecule has 0 saturated carbocycles. The molecule has 0 spiro atoms. The van der Waals surface area contributed by atoms with E-state index in [0.29, 0.717) is 0 Å². The van der Waals surface area contributed by atoms with Crippen LogP contribution >= 0.6 is 0 Å². The maximum absolute atomic E-state index is 4.41. The fraction of sp³-hybridized carbons (Fsp3) is 0.700. The van der Waals surface area contributed by atoms with Crippen LogP contribution in [0.25, 0.3) is 0 Å². The predicted octanol–water partition coefficient (Wildman–Crippen LogP) is 1.23. The third kappa shape index (κ3) is 3.49. The van der Waals surface area contributed by atoms with Gasteiger partial charge in [0.2, 0.25) is 0 Å². The molecule has 1 heterocycles. The van der Waals surface area contributed by atoms with Crippen LogP contribution in [0.3, 0.4) is 0 Å². The average Bonchev–Trinajstić information content (AvgIpc) is 2.08. The molecule has 0 aliphatic carbocycles. The maximum atomic E-state index is 4.41. The maximum Gasteiger partial charge on any atom is 0.193 e. The van der Waals surface area contributed by atoms with Crippen molar-refractivity contribution in [1.29, 1.82) is 0 Å². The molecule has 0 atom stereocenters. The second-order valence-electron chi connectivity index (χ2n) is 3.61. The van der Waals surface area contributed by atoms with Crippen LogP contribution in [0.2, 0.25) is 0 Å². The number of rotatable bonds is 3. The van der Waals surface area contributed by atoms with Gasteiger partial charge in [0, 0.05) is 26.7 Å². The van der Waals surface area contributed by atoms with Crippen LogP contribution in [0, 0.1) is 0 Å². The minimum Gasteiger partial charge on any atom is -0.356 e. The SMILES string of the molecule is C=C(C)CCNC1=NCCCN1C. The molecule has 1 rings (SSSR count). The highest BCUT2D eigenvalue weighted by Gasteiger charge is 2.08. The predicted molar refractivity (Wildman–Crippen MR) is 57.0 cm³/mol. The zero-order valence-corrected chi connectivity index (χ0v) is 8.64. The molecule has 1 aliphatic rings. The Morgan fingerprint density at radius 2 is 2.46 bits per heavy atom. The Morgan fingerprint density at radius 1 is 1.69 bits per heavy atom. The van der Waals surface area contributed by atoms with Crippen molar-refractivity contribution in [2.75, 3.05) is 26.7 Å². The number of hydrogen-bond acceptors (Lipinski definition) is 3. The lowest BCUT2D eigenvalue weighted by atomic mass is 10.2. The van der Waals surface area contributed by atoms with Gasteiger partial charge in [-0.15, -0.1) is 6.58 Å². The van der Waals surface area contributed by atoms with Gasteiger partial charge >= 0.3 is 0 Å². The first-order valence-electron chi connectivity index (χ1n) is 4.84. The van der Waals surface area contributed by atoms with Gasteiger partial charge in [0.05, 0.1) is 0 Å². The lowest BCUT2D eigenvalue weighted by Crippen LogP contribution is -2.42. The Labute approximate surface area is 80.5 Å². The molecule has 0 aromatic carbocycles. The third-order valence-corrected chi connectivity index (χ3v) is 2.11. The second kappa shape index (κ2) is 4.90. The van der Waals surface area contributed by atoms with Crippen molar-refractivity contribution in [2.45, 2.75) is 19.8 Å². The molecule has 74 valence electrons. The summed E-state index contributed by atoms with van der Waals surface area (Å²) in [5, 5.41) is 3.32. The van der Waals surface area contributed by atoms with Gasteiger partial charge < -0.3 is 10.2 Å². The van der Waals surface area contributed by atoms with E-state index >= 15 is 0 Å². The molecule has 13 heavy (non-hydrogen) atoms. The molecule has 0 amide bonds. The Kier molecular flexibility index (Phi) is 3.80. The van der Waals surface area contributed by atoms with E-state index in [9.17, 15) is 0 Å². The van der Waals surface area contributed by atoms with Crippen LogP contribution in [-0.4, -0.2) is 37.5 Å². The van der Waals surface area contributed by atoms with E-state index in [2.05, 4.69) is 28.8 Å². The summed E-state index contributed by atoms with van der Waals surface area (Å²) in [6.45, 7) is 8.92. The highest BCUT2D eigenvalue weighted by atomic mass is 15.3. The quantitative estimate of drug-likeness (QED) is 0.663. The topological polar surface area (TPSA) is 27.6 Å². The van der Waals surface area contributed by atoms with Gasteiger partial charge in [-0.05, 0) is 19.8 Å². The van der Waals surface area contributed by atoms with Crippen LogP contribution in [0.4, 0.5) is 0 Å². The van der Waals surface area contributed by atoms with Gasteiger partial charge in [-0.25, -0.2) is 0 Å². The van der Waals surface area contributed by atoms with Crippen LogP contribution in [0.5, 0.6) is 0 Å². The number of guanidine groups is 1. The summed E-state index contributed by atoms with van der Waals surface area (Å²) in [5.41, 5.74) is 1.21. The van der Waals surface area contributed by atoms with Crippen LogP contribution in [0.15, 0.2) is 17.1 Å². The summed E-state index contributed by atoms with van der Waals surface area (Å²) >= 11 is 0. The highest BCUT2D eigenvalue weighted by molar-refractivity contribution is 5.80. The zero-order chi connectivity index (χ0) is 9.68. The fourth-order valence-corrected chi connectivity index (χ4v) is 1.30. The van der Waals surface area contributed by atoms with Gasteiger partial charge in [0.25, 0.3) is 0 Å². The van der Waals surface area contributed by atoms with E-state index in [4.69, 9.17) is 0 Å². The van der Waals surface area contributed by atoms with Crippen molar-refractivity contribution in [3.8, 4) is 0 Å². The molecule has 0 aromatic rings. The van der Waals surface area contributed by atoms with E-state index in [0.717, 1.165) is 32.0 Å². The highest BCUT2D eigenvalue weighted by Crippen LogP contribution is 1.98. The summed E-state index contributed by atoms with van der Waals surface area (Å²) in [4.78, 5) is 6.58. The molecule has 0 unspecified atom stereocenters. The summed E-state index contributed by atoms with van der Waals surface area (Å²) in [7, 11) is 2.08. The molecule has 0 saturated heterocycles. The molecule has 0 fully saturated rings. The Hall–Kier alpha value is -0.990. The summed E-state index contributed by atoms with van der Waals surface area (Å²) in [6, 6.07) is 0. The van der Waals surface area contributed by atoms with E-state index in [1.807, 2.05) is 6.92 Å². The van der Waals surface area contributed by atoms with Crippen LogP contribution in [0.1, 0.15) is 19.8 Å². The first-order valence-corrected chi connectivity index (χ1v) is 4.84. The Morgan fingerprint density at radius 3 is 3.08 bits per heavy atom. The molecular formula is C10H19N3. The number of aliphatic imine (C=N–C) groups is 1. The van der Waals surface area contributed by atoms with E-state index < -0.39 is 0 Å². The summed E-state index contributed by atoms with van der Waals surface area (Å²) in [5.74, 6) is 1.03. The van der Waals surface area contributed by atoms with E-state index in [1.165, 1.54) is 12.0 Å². The van der Waals surface area contributed by atoms with Crippen molar-refractivity contribution < 1.29 is 0 Å². The van der Waals surface area contributed by atoms with Gasteiger partial charge in [0.1, 0.15) is 0 Å². The average molecular weight is 181 g/mol. The van der Waals surface area contributed by atoms with Gasteiger partial charge in [0.15, 0.2) is 5.96 Å². The second-order valence-corrected chi connectivity index (χ2v) is 3.61. The number of hydrogen-bond donors (Lipinski definition) is 1. The number of nitrogens with zero attached hydrogens (tertiary/aromatic N) is 2. The molecule has 1 aliphatic heterocycles. The monoisotopic (exact) mass is 181 g/mol. The van der Waals surface area contributed by atoms with Crippen LogP contribution in [-0.2, 0) is 0 Å². The van der Waals surface area contributed by atoms with Crippen LogP contribution < -0.4 is 5.32 Å². The van der Waals surface area contributed by atoms with Gasteiger partial charge in [-0.3, -0.25) is 4.99 Å². The molecule has 3 nitrogen and oxygen atoms in total. The smallest absolute Gasteiger partial charge is 0.193 e. The minimum atomic E-state index is 0.943. The standard InChI is InChI=1S/C10H19N3/c1-9(2)5-7-12-10-11-6-4-8-13(10)3/h1,4-8H2,2-3H3,(H,11,12). The Bertz CT molecular complexity index is 208. The molecular weight excluding hydrogens is 162 g/mol. The lowest BCUT2D eigenvalue weighted by molar-refractivity contribution is 0.447. The minimum absolute atomic E-state index is 0.943. The summed E-state index contributed by atoms with van der Waals surface area (Å²) < 4.78 is 0. The third-order valence-electron chi connectivity index (χ3n) is 2.11. The van der Waals surface area contributed by atoms with Crippen molar-refractivity contribution in [2.24, 2.45) is 4.99 Å². The molecule has 0 radical (unpaired) electrons. The first kappa shape index (κ1) is 10.1. The Balaban J connectivity index is 2.27. The largest absolute Gasteiger partial charge is 0.356 e. The zero-order valence-electron chi connectivity index (χ0n) is 8.64. The fourth-order valence-electron chi connectivity index (χ4n) is 1.30. The normalized spacial score (nSPS) is 16.8. The molecule has 1 N–H and O–H groups in total. The van der Waals surface area contributed by atoms with E-state index in [1.54, 1.807) is 0 Å². The molecule has 0 aromatic heterocycles. The van der Waals surface area contributed by atoms with Crippen molar-refractivity contribution in [3.63, 3.8) is 0 Å². The molecule has 3 heteroatoms. The first-order chi connectivity index (χ1) is 6.20. The van der Waals surface area contributed by atoms with Gasteiger partial charge in [-0.2, -0.15) is 0 Å².